The predicted octanol–water partition coefficient (Wildman–Crippen LogP) is 1.99. The largest absolute Gasteiger partial charge is 0.391 e. The van der Waals surface area contributed by atoms with Crippen molar-refractivity contribution in [3.05, 3.63) is 11.1 Å². The molecule has 0 aromatic rings. The number of rotatable bonds is 5. The van der Waals surface area contributed by atoms with Crippen LogP contribution in [0, 0.1) is 0 Å². The van der Waals surface area contributed by atoms with Crippen LogP contribution in [0.15, 0.2) is 11.1 Å². The maximum atomic E-state index is 9.62. The summed E-state index contributed by atoms with van der Waals surface area (Å²) in [4.78, 5) is 3.86. The Morgan fingerprint density at radius 2 is 2.08 bits per heavy atom. The van der Waals surface area contributed by atoms with Crippen LogP contribution >= 0.6 is 15.9 Å². The van der Waals surface area contributed by atoms with Gasteiger partial charge in [-0.25, -0.2) is 0 Å². The molecular formula is C9H18BrNO. The average molecular weight is 236 g/mol. The topological polar surface area (TPSA) is 23.5 Å². The van der Waals surface area contributed by atoms with E-state index in [2.05, 4.69) is 15.9 Å². The number of aliphatic hydroxyl groups is 1. The summed E-state index contributed by atoms with van der Waals surface area (Å²) in [5.74, 6) is 0. The second-order valence-corrected chi connectivity index (χ2v) is 3.74. The molecule has 0 bridgehead atoms. The van der Waals surface area contributed by atoms with Gasteiger partial charge in [0.1, 0.15) is 0 Å². The Morgan fingerprint density at radius 3 is 2.50 bits per heavy atom. The lowest BCUT2D eigenvalue weighted by atomic mass is 10.1. The van der Waals surface area contributed by atoms with Crippen molar-refractivity contribution in [1.82, 2.24) is 4.90 Å². The normalized spacial score (nSPS) is 17.2. The Bertz CT molecular complexity index is 136. The Kier molecular flexibility index (Phi) is 6.71. The van der Waals surface area contributed by atoms with E-state index in [0.29, 0.717) is 0 Å². The minimum Gasteiger partial charge on any atom is -0.391 e. The van der Waals surface area contributed by atoms with Gasteiger partial charge in [-0.05, 0) is 38.8 Å². The van der Waals surface area contributed by atoms with Crippen LogP contribution in [0.25, 0.3) is 0 Å². The summed E-state index contributed by atoms with van der Waals surface area (Å²) in [6, 6.07) is 0.230. The quantitative estimate of drug-likeness (QED) is 0.789. The third-order valence-electron chi connectivity index (χ3n) is 2.09. The van der Waals surface area contributed by atoms with E-state index in [4.69, 9.17) is 0 Å². The number of aliphatic hydroxyl groups excluding tert-OH is 1. The standard InChI is InChI=1S/C9H18BrNO/c1-8(11(2)3)9(12)6-4-5-7-10/h5,7-9,12H,4,6H2,1-3H3. The van der Waals surface area contributed by atoms with Crippen molar-refractivity contribution in [3.8, 4) is 0 Å². The van der Waals surface area contributed by atoms with Crippen LogP contribution in [0.5, 0.6) is 0 Å². The third kappa shape index (κ3) is 4.91. The number of hydrogen-bond acceptors (Lipinski definition) is 2. The van der Waals surface area contributed by atoms with Gasteiger partial charge in [-0.1, -0.05) is 22.0 Å². The molecule has 0 amide bonds. The SMILES string of the molecule is CC(C(O)CCC=CBr)N(C)C. The Hall–Kier alpha value is 0.140. The molecule has 0 spiro atoms. The summed E-state index contributed by atoms with van der Waals surface area (Å²) in [6.07, 6.45) is 3.51. The molecule has 0 radical (unpaired) electrons. The third-order valence-corrected chi connectivity index (χ3v) is 2.46. The van der Waals surface area contributed by atoms with E-state index in [9.17, 15) is 5.11 Å². The molecule has 0 aromatic heterocycles. The van der Waals surface area contributed by atoms with Gasteiger partial charge in [-0.3, -0.25) is 0 Å². The molecule has 0 aromatic carbocycles. The second kappa shape index (κ2) is 6.63. The highest BCUT2D eigenvalue weighted by molar-refractivity contribution is 9.11. The number of hydrogen-bond donors (Lipinski definition) is 1. The van der Waals surface area contributed by atoms with Crippen LogP contribution in [0.3, 0.4) is 0 Å². The van der Waals surface area contributed by atoms with Crippen LogP contribution in [0.2, 0.25) is 0 Å². The van der Waals surface area contributed by atoms with Gasteiger partial charge in [-0.15, -0.1) is 0 Å². The molecular weight excluding hydrogens is 218 g/mol. The lowest BCUT2D eigenvalue weighted by Crippen LogP contribution is -2.36. The molecule has 1 N–H and O–H groups in total. The van der Waals surface area contributed by atoms with Crippen molar-refractivity contribution >= 4 is 15.9 Å². The van der Waals surface area contributed by atoms with E-state index >= 15 is 0 Å². The molecule has 72 valence electrons. The molecule has 2 unspecified atom stereocenters. The molecule has 0 saturated carbocycles. The first-order valence-electron chi connectivity index (χ1n) is 4.19. The van der Waals surface area contributed by atoms with Gasteiger partial charge in [0.15, 0.2) is 0 Å². The molecule has 0 saturated heterocycles. The maximum absolute atomic E-state index is 9.62. The van der Waals surface area contributed by atoms with Crippen LogP contribution in [0.1, 0.15) is 19.8 Å². The molecule has 0 rings (SSSR count). The number of halogens is 1. The molecule has 0 fully saturated rings. The van der Waals surface area contributed by atoms with E-state index in [0.717, 1.165) is 12.8 Å². The van der Waals surface area contributed by atoms with Gasteiger partial charge >= 0.3 is 0 Å². The Balaban J connectivity index is 3.63. The minimum absolute atomic E-state index is 0.230. The van der Waals surface area contributed by atoms with E-state index in [-0.39, 0.29) is 12.1 Å². The smallest absolute Gasteiger partial charge is 0.0695 e. The summed E-state index contributed by atoms with van der Waals surface area (Å²) < 4.78 is 0. The van der Waals surface area contributed by atoms with Crippen molar-refractivity contribution < 1.29 is 5.11 Å². The van der Waals surface area contributed by atoms with E-state index < -0.39 is 0 Å². The molecule has 0 aliphatic rings. The zero-order valence-electron chi connectivity index (χ0n) is 8.00. The van der Waals surface area contributed by atoms with E-state index in [1.165, 1.54) is 0 Å². The second-order valence-electron chi connectivity index (χ2n) is 3.21. The van der Waals surface area contributed by atoms with Crippen molar-refractivity contribution in [3.63, 3.8) is 0 Å². The van der Waals surface area contributed by atoms with E-state index in [1.54, 1.807) is 0 Å². The Morgan fingerprint density at radius 1 is 1.50 bits per heavy atom. The summed E-state index contributed by atoms with van der Waals surface area (Å²) in [6.45, 7) is 2.03. The number of likely N-dealkylation sites (N-methyl/N-ethyl adjacent to an activating group) is 1. The van der Waals surface area contributed by atoms with Crippen molar-refractivity contribution in [1.29, 1.82) is 0 Å². The lowest BCUT2D eigenvalue weighted by Gasteiger charge is -2.24. The Labute approximate surface area is 83.4 Å². The molecule has 0 aliphatic heterocycles. The number of nitrogens with zero attached hydrogens (tertiary/aromatic N) is 1. The molecule has 2 nitrogen and oxygen atoms in total. The number of allylic oxidation sites excluding steroid dienone is 1. The highest BCUT2D eigenvalue weighted by Gasteiger charge is 2.14. The lowest BCUT2D eigenvalue weighted by molar-refractivity contribution is 0.0795. The molecule has 0 aliphatic carbocycles. The fourth-order valence-electron chi connectivity index (χ4n) is 0.915. The first kappa shape index (κ1) is 12.1. The first-order chi connectivity index (χ1) is 5.59. The van der Waals surface area contributed by atoms with Crippen LogP contribution in [-0.2, 0) is 0 Å². The van der Waals surface area contributed by atoms with Gasteiger partial charge in [-0.2, -0.15) is 0 Å². The average Bonchev–Trinajstić information content (AvgIpc) is 2.03. The van der Waals surface area contributed by atoms with Crippen molar-refractivity contribution in [2.24, 2.45) is 0 Å². The highest BCUT2D eigenvalue weighted by Crippen LogP contribution is 2.07. The molecule has 3 heteroatoms. The summed E-state index contributed by atoms with van der Waals surface area (Å²) in [5.41, 5.74) is 0. The first-order valence-corrected chi connectivity index (χ1v) is 5.11. The highest BCUT2D eigenvalue weighted by atomic mass is 79.9. The molecule has 2 atom stereocenters. The maximum Gasteiger partial charge on any atom is 0.0695 e. The monoisotopic (exact) mass is 235 g/mol. The van der Waals surface area contributed by atoms with Gasteiger partial charge in [0.25, 0.3) is 0 Å². The van der Waals surface area contributed by atoms with Gasteiger partial charge in [0, 0.05) is 6.04 Å². The molecule has 0 heterocycles. The van der Waals surface area contributed by atoms with Crippen molar-refractivity contribution in [2.75, 3.05) is 14.1 Å². The van der Waals surface area contributed by atoms with Crippen molar-refractivity contribution in [2.45, 2.75) is 31.9 Å². The minimum atomic E-state index is -0.233. The van der Waals surface area contributed by atoms with Crippen LogP contribution in [-0.4, -0.2) is 36.2 Å². The summed E-state index contributed by atoms with van der Waals surface area (Å²) >= 11 is 3.19. The van der Waals surface area contributed by atoms with E-state index in [1.807, 2.05) is 37.0 Å². The van der Waals surface area contributed by atoms with Crippen LogP contribution < -0.4 is 0 Å². The molecule has 12 heavy (non-hydrogen) atoms. The van der Waals surface area contributed by atoms with Gasteiger partial charge in [0.2, 0.25) is 0 Å². The fraction of sp³-hybridized carbons (Fsp3) is 0.778. The summed E-state index contributed by atoms with van der Waals surface area (Å²) in [5, 5.41) is 9.62. The summed E-state index contributed by atoms with van der Waals surface area (Å²) in [7, 11) is 3.96. The van der Waals surface area contributed by atoms with Crippen LogP contribution in [0.4, 0.5) is 0 Å². The van der Waals surface area contributed by atoms with Gasteiger partial charge in [0.05, 0.1) is 6.10 Å². The predicted molar refractivity (Wildman–Crippen MR) is 56.5 cm³/mol. The zero-order chi connectivity index (χ0) is 9.56. The zero-order valence-corrected chi connectivity index (χ0v) is 9.58. The van der Waals surface area contributed by atoms with Gasteiger partial charge < -0.3 is 10.0 Å². The fourth-order valence-corrected chi connectivity index (χ4v) is 1.18.